The molecule has 0 aliphatic heterocycles. The second kappa shape index (κ2) is 5.44. The summed E-state index contributed by atoms with van der Waals surface area (Å²) in [6.45, 7) is 6.75. The third-order valence-corrected chi connectivity index (χ3v) is 2.70. The Hall–Kier alpha value is -0.450. The molecule has 1 atom stereocenters. The van der Waals surface area contributed by atoms with Gasteiger partial charge in [-0.05, 0) is 6.92 Å². The summed E-state index contributed by atoms with van der Waals surface area (Å²) in [4.78, 5) is 4.31. The quantitative estimate of drug-likeness (QED) is 0.778. The molecular weight excluding hydrogens is 196 g/mol. The molecule has 0 fully saturated rings. The molecule has 0 bridgehead atoms. The maximum Gasteiger partial charge on any atom is 0.0897 e. The lowest BCUT2D eigenvalue weighted by Crippen LogP contribution is -2.33. The summed E-state index contributed by atoms with van der Waals surface area (Å²) >= 11 is 1.63. The largest absolute Gasteiger partial charge is 0.391 e. The van der Waals surface area contributed by atoms with Crippen molar-refractivity contribution in [1.82, 2.24) is 10.3 Å². The molecule has 0 saturated heterocycles. The summed E-state index contributed by atoms with van der Waals surface area (Å²) in [5.74, 6) is 0. The number of hydrogen-bond donors (Lipinski definition) is 2. The summed E-state index contributed by atoms with van der Waals surface area (Å²) in [5, 5.41) is 15.9. The number of nitrogens with zero attached hydrogens (tertiary/aromatic N) is 1. The van der Waals surface area contributed by atoms with E-state index in [0.29, 0.717) is 19.0 Å². The zero-order valence-corrected chi connectivity index (χ0v) is 9.77. The van der Waals surface area contributed by atoms with Crippen molar-refractivity contribution in [2.24, 2.45) is 0 Å². The molecule has 1 unspecified atom stereocenters. The van der Waals surface area contributed by atoms with E-state index in [-0.39, 0.29) is 6.10 Å². The van der Waals surface area contributed by atoms with Gasteiger partial charge in [-0.1, -0.05) is 13.8 Å². The number of nitrogens with one attached hydrogen (secondary N) is 1. The number of aliphatic hydroxyl groups excluding tert-OH is 1. The lowest BCUT2D eigenvalue weighted by atomic mass is 10.2. The fourth-order valence-electron chi connectivity index (χ4n) is 1.19. The predicted octanol–water partition coefficient (Wildman–Crippen LogP) is 1.35. The average Bonchev–Trinajstić information content (AvgIpc) is 2.48. The van der Waals surface area contributed by atoms with Crippen molar-refractivity contribution < 1.29 is 5.11 Å². The molecule has 3 nitrogen and oxygen atoms in total. The fourth-order valence-corrected chi connectivity index (χ4v) is 1.81. The molecule has 1 rings (SSSR count). The highest BCUT2D eigenvalue weighted by Gasteiger charge is 2.08. The molecule has 1 aromatic rings. The average molecular weight is 214 g/mol. The third-order valence-electron chi connectivity index (χ3n) is 1.87. The van der Waals surface area contributed by atoms with Crippen molar-refractivity contribution in [3.05, 3.63) is 16.1 Å². The minimum Gasteiger partial charge on any atom is -0.391 e. The summed E-state index contributed by atoms with van der Waals surface area (Å²) in [5.41, 5.74) is 0.991. The number of hydrogen-bond acceptors (Lipinski definition) is 4. The number of aromatic nitrogens is 1. The van der Waals surface area contributed by atoms with E-state index in [1.165, 1.54) is 0 Å². The van der Waals surface area contributed by atoms with Gasteiger partial charge in [-0.2, -0.15) is 0 Å². The first-order valence-corrected chi connectivity index (χ1v) is 5.78. The predicted molar refractivity (Wildman–Crippen MR) is 59.7 cm³/mol. The van der Waals surface area contributed by atoms with E-state index in [1.807, 2.05) is 12.3 Å². The standard InChI is InChI=1S/C10H18N2OS/c1-7(2)11-5-10(13)4-9-6-14-8(3)12-9/h6-7,10-11,13H,4-5H2,1-3H3. The monoisotopic (exact) mass is 214 g/mol. The van der Waals surface area contributed by atoms with Gasteiger partial charge in [0.05, 0.1) is 16.8 Å². The van der Waals surface area contributed by atoms with Crippen molar-refractivity contribution in [2.75, 3.05) is 6.54 Å². The molecule has 2 N–H and O–H groups in total. The Morgan fingerprint density at radius 2 is 2.29 bits per heavy atom. The van der Waals surface area contributed by atoms with Crippen LogP contribution < -0.4 is 5.32 Å². The first-order chi connectivity index (χ1) is 6.58. The molecule has 1 aromatic heterocycles. The Balaban J connectivity index is 2.30. The molecule has 0 amide bonds. The molecule has 0 spiro atoms. The van der Waals surface area contributed by atoms with Crippen LogP contribution in [0.1, 0.15) is 24.5 Å². The van der Waals surface area contributed by atoms with E-state index in [2.05, 4.69) is 24.1 Å². The number of rotatable bonds is 5. The van der Waals surface area contributed by atoms with E-state index in [4.69, 9.17) is 0 Å². The van der Waals surface area contributed by atoms with Crippen LogP contribution in [0.15, 0.2) is 5.38 Å². The van der Waals surface area contributed by atoms with Crippen LogP contribution >= 0.6 is 11.3 Å². The van der Waals surface area contributed by atoms with Crippen molar-refractivity contribution in [3.8, 4) is 0 Å². The highest BCUT2D eigenvalue weighted by molar-refractivity contribution is 7.09. The highest BCUT2D eigenvalue weighted by atomic mass is 32.1. The van der Waals surface area contributed by atoms with E-state index >= 15 is 0 Å². The van der Waals surface area contributed by atoms with Crippen LogP contribution in [0.3, 0.4) is 0 Å². The van der Waals surface area contributed by atoms with Crippen molar-refractivity contribution in [3.63, 3.8) is 0 Å². The van der Waals surface area contributed by atoms with E-state index in [9.17, 15) is 5.11 Å². The number of aryl methyl sites for hydroxylation is 1. The van der Waals surface area contributed by atoms with Gasteiger partial charge in [0.2, 0.25) is 0 Å². The van der Waals surface area contributed by atoms with Gasteiger partial charge in [0.25, 0.3) is 0 Å². The maximum atomic E-state index is 9.66. The Morgan fingerprint density at radius 3 is 2.79 bits per heavy atom. The molecule has 80 valence electrons. The molecule has 4 heteroatoms. The number of thiazole rings is 1. The first kappa shape index (κ1) is 11.6. The van der Waals surface area contributed by atoms with E-state index in [0.717, 1.165) is 10.7 Å². The molecule has 0 aliphatic carbocycles. The van der Waals surface area contributed by atoms with Crippen LogP contribution in [0.5, 0.6) is 0 Å². The van der Waals surface area contributed by atoms with E-state index in [1.54, 1.807) is 11.3 Å². The minimum absolute atomic E-state index is 0.334. The van der Waals surface area contributed by atoms with Crippen LogP contribution in [-0.4, -0.2) is 28.8 Å². The smallest absolute Gasteiger partial charge is 0.0897 e. The topological polar surface area (TPSA) is 45.2 Å². The molecule has 0 saturated carbocycles. The Kier molecular flexibility index (Phi) is 4.51. The molecule has 0 aliphatic rings. The van der Waals surface area contributed by atoms with Gasteiger partial charge in [0, 0.05) is 24.4 Å². The maximum absolute atomic E-state index is 9.66. The van der Waals surface area contributed by atoms with Crippen molar-refractivity contribution >= 4 is 11.3 Å². The molecule has 14 heavy (non-hydrogen) atoms. The Morgan fingerprint density at radius 1 is 1.57 bits per heavy atom. The summed E-state index contributed by atoms with van der Waals surface area (Å²) in [6.07, 6.45) is 0.309. The highest BCUT2D eigenvalue weighted by Crippen LogP contribution is 2.09. The van der Waals surface area contributed by atoms with Gasteiger partial charge in [-0.25, -0.2) is 4.98 Å². The Bertz CT molecular complexity index is 273. The van der Waals surface area contributed by atoms with Gasteiger partial charge >= 0.3 is 0 Å². The van der Waals surface area contributed by atoms with Crippen LogP contribution in [0, 0.1) is 6.92 Å². The normalized spacial score (nSPS) is 13.5. The molecule has 0 aromatic carbocycles. The lowest BCUT2D eigenvalue weighted by Gasteiger charge is -2.12. The fraction of sp³-hybridized carbons (Fsp3) is 0.700. The van der Waals surface area contributed by atoms with Gasteiger partial charge in [-0.15, -0.1) is 11.3 Å². The van der Waals surface area contributed by atoms with Crippen LogP contribution in [0.25, 0.3) is 0 Å². The van der Waals surface area contributed by atoms with Crippen molar-refractivity contribution in [2.45, 2.75) is 39.3 Å². The number of aliphatic hydroxyl groups is 1. The van der Waals surface area contributed by atoms with Gasteiger partial charge in [-0.3, -0.25) is 0 Å². The van der Waals surface area contributed by atoms with Gasteiger partial charge < -0.3 is 10.4 Å². The molecular formula is C10H18N2OS. The van der Waals surface area contributed by atoms with E-state index < -0.39 is 0 Å². The van der Waals surface area contributed by atoms with Crippen LogP contribution in [0.2, 0.25) is 0 Å². The third kappa shape index (κ3) is 4.17. The molecule has 0 radical (unpaired) electrons. The molecule has 1 heterocycles. The zero-order valence-electron chi connectivity index (χ0n) is 8.95. The second-order valence-corrected chi connectivity index (χ2v) is 4.84. The summed E-state index contributed by atoms with van der Waals surface area (Å²) in [7, 11) is 0. The minimum atomic E-state index is -0.334. The van der Waals surface area contributed by atoms with Gasteiger partial charge in [0.15, 0.2) is 0 Å². The summed E-state index contributed by atoms with van der Waals surface area (Å²) in [6, 6.07) is 0.418. The summed E-state index contributed by atoms with van der Waals surface area (Å²) < 4.78 is 0. The SMILES string of the molecule is Cc1nc(CC(O)CNC(C)C)cs1. The zero-order chi connectivity index (χ0) is 10.6. The Labute approximate surface area is 89.2 Å². The van der Waals surface area contributed by atoms with Crippen LogP contribution in [-0.2, 0) is 6.42 Å². The lowest BCUT2D eigenvalue weighted by molar-refractivity contribution is 0.168. The first-order valence-electron chi connectivity index (χ1n) is 4.90. The second-order valence-electron chi connectivity index (χ2n) is 3.78. The van der Waals surface area contributed by atoms with Gasteiger partial charge in [0.1, 0.15) is 0 Å². The van der Waals surface area contributed by atoms with Crippen molar-refractivity contribution in [1.29, 1.82) is 0 Å². The van der Waals surface area contributed by atoms with Crippen LogP contribution in [0.4, 0.5) is 0 Å².